The highest BCUT2D eigenvalue weighted by atomic mass is 16.1. The molecule has 1 aromatic heterocycles. The molecule has 1 amide bonds. The van der Waals surface area contributed by atoms with Crippen LogP contribution in [0.4, 0.5) is 5.82 Å². The quantitative estimate of drug-likeness (QED) is 0.610. The fraction of sp³-hybridized carbons (Fsp3) is 0.346. The van der Waals surface area contributed by atoms with Crippen LogP contribution in [-0.2, 0) is 30.5 Å². The minimum absolute atomic E-state index is 0.0135. The van der Waals surface area contributed by atoms with E-state index in [9.17, 15) is 4.79 Å². The Kier molecular flexibility index (Phi) is 5.93. The van der Waals surface area contributed by atoms with Crippen molar-refractivity contribution in [2.75, 3.05) is 5.32 Å². The molecule has 0 bridgehead atoms. The topological polar surface area (TPSA) is 54.9 Å². The van der Waals surface area contributed by atoms with E-state index in [-0.39, 0.29) is 11.8 Å². The number of carbonyl (C=O) groups excluding carboxylic acids is 1. The van der Waals surface area contributed by atoms with Gasteiger partial charge >= 0.3 is 0 Å². The Morgan fingerprint density at radius 1 is 1.07 bits per heavy atom. The first-order valence-corrected chi connectivity index (χ1v) is 10.9. The largest absolute Gasteiger partial charge is 0.309 e. The highest BCUT2D eigenvalue weighted by molar-refractivity contribution is 5.92. The van der Waals surface area contributed by atoms with Crippen molar-refractivity contribution < 1.29 is 4.79 Å². The van der Waals surface area contributed by atoms with E-state index < -0.39 is 0 Å². The fourth-order valence-electron chi connectivity index (χ4n) is 3.92. The molecule has 1 aliphatic rings. The Hall–Kier alpha value is -3.01. The van der Waals surface area contributed by atoms with Gasteiger partial charge < -0.3 is 5.32 Å². The summed E-state index contributed by atoms with van der Waals surface area (Å²) in [5.74, 6) is 0.596. The lowest BCUT2D eigenvalue weighted by molar-refractivity contribution is -0.119. The first-order valence-electron chi connectivity index (χ1n) is 10.9. The lowest BCUT2D eigenvalue weighted by Crippen LogP contribution is -2.23. The van der Waals surface area contributed by atoms with Gasteiger partial charge in [-0.1, -0.05) is 67.9 Å². The van der Waals surface area contributed by atoms with Crippen LogP contribution in [0.5, 0.6) is 0 Å². The van der Waals surface area contributed by atoms with Crippen LogP contribution in [0, 0.1) is 12.8 Å². The third-order valence-corrected chi connectivity index (χ3v) is 5.98. The van der Waals surface area contributed by atoms with Gasteiger partial charge in [0.05, 0.1) is 17.1 Å². The van der Waals surface area contributed by atoms with Crippen molar-refractivity contribution in [2.24, 2.45) is 5.92 Å². The molecule has 1 heterocycles. The number of hydrogen-bond acceptors (Lipinski definition) is 3. The van der Waals surface area contributed by atoms with Gasteiger partial charge in [0.25, 0.3) is 0 Å². The molecule has 154 valence electrons. The molecule has 0 radical (unpaired) electrons. The first kappa shape index (κ1) is 20.3. The van der Waals surface area contributed by atoms with Gasteiger partial charge in [-0.15, -0.1) is 0 Å². The molecule has 1 atom stereocenters. The summed E-state index contributed by atoms with van der Waals surface area (Å²) in [5, 5.41) is 3.07. The number of rotatable bonds is 6. The third kappa shape index (κ3) is 4.28. The minimum atomic E-state index is -0.0477. The molecule has 1 unspecified atom stereocenters. The number of hydrogen-bond donors (Lipinski definition) is 1. The summed E-state index contributed by atoms with van der Waals surface area (Å²) in [4.78, 5) is 22.6. The summed E-state index contributed by atoms with van der Waals surface area (Å²) in [7, 11) is 0. The highest BCUT2D eigenvalue weighted by Crippen LogP contribution is 2.33. The molecule has 1 aliphatic carbocycles. The van der Waals surface area contributed by atoms with E-state index in [1.807, 2.05) is 19.9 Å². The first-order chi connectivity index (χ1) is 14.5. The monoisotopic (exact) mass is 399 g/mol. The second-order valence-electron chi connectivity index (χ2n) is 8.26. The summed E-state index contributed by atoms with van der Waals surface area (Å²) in [6.07, 6.45) is 4.21. The van der Waals surface area contributed by atoms with Crippen molar-refractivity contribution in [1.29, 1.82) is 0 Å². The van der Waals surface area contributed by atoms with Gasteiger partial charge in [0.1, 0.15) is 0 Å². The molecule has 4 heteroatoms. The number of aromatic nitrogens is 2. The van der Waals surface area contributed by atoms with E-state index in [1.165, 1.54) is 22.3 Å². The van der Waals surface area contributed by atoms with Crippen molar-refractivity contribution >= 4 is 11.7 Å². The van der Waals surface area contributed by atoms with Gasteiger partial charge in [-0.05, 0) is 50.2 Å². The standard InChI is InChI=1S/C26H29N3O/c1-4-18(3)26(30)29-25-23(14-11-19-8-6-5-7-9-19)27-24-21-13-10-17(2)16-20(21)12-15-22(24)28-25/h5-10,13,16,18H,4,11-12,14-15H2,1-3H3,(H,28,29,30). The molecule has 1 N–H and O–H groups in total. The maximum Gasteiger partial charge on any atom is 0.228 e. The normalized spacial score (nSPS) is 13.3. The number of nitrogens with zero attached hydrogens (tertiary/aromatic N) is 2. The van der Waals surface area contributed by atoms with Crippen molar-refractivity contribution in [3.8, 4) is 11.3 Å². The SMILES string of the molecule is CCC(C)C(=O)Nc1nc2c(nc1CCc1ccccc1)-c1ccc(C)cc1CC2. The predicted octanol–water partition coefficient (Wildman–Crippen LogP) is 5.32. The smallest absolute Gasteiger partial charge is 0.228 e. The lowest BCUT2D eigenvalue weighted by atomic mass is 9.90. The number of nitrogens with one attached hydrogen (secondary N) is 1. The minimum Gasteiger partial charge on any atom is -0.309 e. The van der Waals surface area contributed by atoms with E-state index in [2.05, 4.69) is 54.7 Å². The summed E-state index contributed by atoms with van der Waals surface area (Å²) in [6, 6.07) is 16.9. The van der Waals surface area contributed by atoms with Gasteiger partial charge in [0, 0.05) is 11.5 Å². The van der Waals surface area contributed by atoms with Crippen LogP contribution in [-0.4, -0.2) is 15.9 Å². The maximum absolute atomic E-state index is 12.6. The maximum atomic E-state index is 12.6. The highest BCUT2D eigenvalue weighted by Gasteiger charge is 2.23. The second kappa shape index (κ2) is 8.78. The van der Waals surface area contributed by atoms with Gasteiger partial charge in [0.15, 0.2) is 5.82 Å². The second-order valence-corrected chi connectivity index (χ2v) is 8.26. The molecule has 4 rings (SSSR count). The van der Waals surface area contributed by atoms with Crippen LogP contribution in [0.15, 0.2) is 48.5 Å². The molecule has 0 aliphatic heterocycles. The molecular formula is C26H29N3O. The van der Waals surface area contributed by atoms with E-state index in [4.69, 9.17) is 9.97 Å². The van der Waals surface area contributed by atoms with Crippen LogP contribution in [0.2, 0.25) is 0 Å². The Bertz CT molecular complexity index is 1060. The van der Waals surface area contributed by atoms with E-state index in [0.717, 1.165) is 49.2 Å². The molecule has 2 aromatic carbocycles. The van der Waals surface area contributed by atoms with Crippen LogP contribution in [0.1, 0.15) is 48.3 Å². The average Bonchev–Trinajstić information content (AvgIpc) is 2.77. The zero-order chi connectivity index (χ0) is 21.1. The summed E-state index contributed by atoms with van der Waals surface area (Å²) in [5.41, 5.74) is 7.86. The molecule has 0 spiro atoms. The average molecular weight is 400 g/mol. The molecule has 0 saturated heterocycles. The third-order valence-electron chi connectivity index (χ3n) is 5.98. The van der Waals surface area contributed by atoms with Crippen LogP contribution in [0.3, 0.4) is 0 Å². The molecule has 4 nitrogen and oxygen atoms in total. The van der Waals surface area contributed by atoms with Crippen molar-refractivity contribution in [2.45, 2.75) is 52.9 Å². The van der Waals surface area contributed by atoms with Gasteiger partial charge in [-0.2, -0.15) is 0 Å². The van der Waals surface area contributed by atoms with Gasteiger partial charge in [-0.25, -0.2) is 9.97 Å². The van der Waals surface area contributed by atoms with Crippen molar-refractivity contribution in [3.05, 3.63) is 76.6 Å². The number of aryl methyl sites for hydroxylation is 5. The van der Waals surface area contributed by atoms with E-state index in [1.54, 1.807) is 0 Å². The Morgan fingerprint density at radius 2 is 1.87 bits per heavy atom. The summed E-state index contributed by atoms with van der Waals surface area (Å²) in [6.45, 7) is 6.10. The number of benzene rings is 2. The zero-order valence-corrected chi connectivity index (χ0v) is 18.0. The molecule has 3 aromatic rings. The number of carbonyl (C=O) groups is 1. The Balaban J connectivity index is 1.71. The van der Waals surface area contributed by atoms with Crippen LogP contribution in [0.25, 0.3) is 11.3 Å². The molecular weight excluding hydrogens is 370 g/mol. The van der Waals surface area contributed by atoms with Gasteiger partial charge in [-0.3, -0.25) is 4.79 Å². The molecule has 0 fully saturated rings. The van der Waals surface area contributed by atoms with E-state index >= 15 is 0 Å². The summed E-state index contributed by atoms with van der Waals surface area (Å²) < 4.78 is 0. The zero-order valence-electron chi connectivity index (χ0n) is 18.0. The Morgan fingerprint density at radius 3 is 2.63 bits per heavy atom. The predicted molar refractivity (Wildman–Crippen MR) is 122 cm³/mol. The van der Waals surface area contributed by atoms with Gasteiger partial charge in [0.2, 0.25) is 5.91 Å². The number of fused-ring (bicyclic) bond motifs is 3. The van der Waals surface area contributed by atoms with Crippen LogP contribution >= 0.6 is 0 Å². The van der Waals surface area contributed by atoms with E-state index in [0.29, 0.717) is 5.82 Å². The molecule has 30 heavy (non-hydrogen) atoms. The van der Waals surface area contributed by atoms with Crippen LogP contribution < -0.4 is 5.32 Å². The lowest BCUT2D eigenvalue weighted by Gasteiger charge is -2.22. The summed E-state index contributed by atoms with van der Waals surface area (Å²) >= 11 is 0. The van der Waals surface area contributed by atoms with Crippen molar-refractivity contribution in [1.82, 2.24) is 9.97 Å². The number of anilines is 1. The Labute approximate surface area is 178 Å². The number of amides is 1. The van der Waals surface area contributed by atoms with Crippen molar-refractivity contribution in [3.63, 3.8) is 0 Å². The molecule has 0 saturated carbocycles. The fourth-order valence-corrected chi connectivity index (χ4v) is 3.92.